The number of H-pyrrole nitrogens is 1. The predicted molar refractivity (Wildman–Crippen MR) is 155 cm³/mol. The van der Waals surface area contributed by atoms with Crippen molar-refractivity contribution in [3.05, 3.63) is 89.6 Å². The van der Waals surface area contributed by atoms with Crippen LogP contribution in [0.15, 0.2) is 72.9 Å². The fraction of sp³-hybridized carbons (Fsp3) is 0.250. The van der Waals surface area contributed by atoms with Gasteiger partial charge in [0.05, 0.1) is 17.5 Å². The molecule has 206 valence electrons. The molecule has 4 N–H and O–H groups in total. The topological polar surface area (TPSA) is 123 Å². The highest BCUT2D eigenvalue weighted by Crippen LogP contribution is 2.54. The number of aromatic nitrogens is 1. The van der Waals surface area contributed by atoms with Gasteiger partial charge >= 0.3 is 0 Å². The number of benzene rings is 3. The van der Waals surface area contributed by atoms with Gasteiger partial charge in [-0.25, -0.2) is 4.90 Å². The third-order valence-corrected chi connectivity index (χ3v) is 8.78. The zero-order valence-electron chi connectivity index (χ0n) is 22.7. The molecule has 7 rings (SSSR count). The summed E-state index contributed by atoms with van der Waals surface area (Å²) >= 11 is 0. The van der Waals surface area contributed by atoms with E-state index in [1.54, 1.807) is 24.3 Å². The normalized spacial score (nSPS) is 24.7. The van der Waals surface area contributed by atoms with Gasteiger partial charge in [0.25, 0.3) is 0 Å². The molecular weight excluding hydrogens is 518 g/mol. The van der Waals surface area contributed by atoms with Gasteiger partial charge in [-0.3, -0.25) is 24.5 Å². The lowest BCUT2D eigenvalue weighted by Crippen LogP contribution is -2.53. The van der Waals surface area contributed by atoms with Gasteiger partial charge < -0.3 is 15.6 Å². The Hall–Kier alpha value is -4.76. The van der Waals surface area contributed by atoms with Crippen LogP contribution in [0.2, 0.25) is 0 Å². The molecule has 0 bridgehead atoms. The summed E-state index contributed by atoms with van der Waals surface area (Å²) in [4.78, 5) is 58.5. The molecule has 0 saturated carbocycles. The number of para-hydroxylation sites is 2. The van der Waals surface area contributed by atoms with E-state index in [-0.39, 0.29) is 17.7 Å². The van der Waals surface area contributed by atoms with Crippen LogP contribution in [0.25, 0.3) is 10.9 Å². The van der Waals surface area contributed by atoms with Crippen molar-refractivity contribution in [1.29, 1.82) is 0 Å². The molecule has 3 aromatic carbocycles. The van der Waals surface area contributed by atoms with Crippen molar-refractivity contribution in [2.24, 2.45) is 11.8 Å². The Morgan fingerprint density at radius 1 is 0.951 bits per heavy atom. The molecule has 4 atom stereocenters. The van der Waals surface area contributed by atoms with Crippen LogP contribution < -0.4 is 20.9 Å². The number of aryl methyl sites for hydroxylation is 1. The summed E-state index contributed by atoms with van der Waals surface area (Å²) in [6.45, 7) is 3.44. The second kappa shape index (κ2) is 9.14. The van der Waals surface area contributed by atoms with E-state index in [1.807, 2.05) is 55.6 Å². The Bertz CT molecular complexity index is 1760. The van der Waals surface area contributed by atoms with Crippen molar-refractivity contribution in [3.8, 4) is 0 Å². The Labute approximate surface area is 236 Å². The lowest BCUT2D eigenvalue weighted by Gasteiger charge is -2.29. The molecular formula is C32H29N5O4. The molecule has 2 saturated heterocycles. The minimum atomic E-state index is -1.38. The number of hydrogen-bond donors (Lipinski definition) is 4. The van der Waals surface area contributed by atoms with Crippen LogP contribution in [-0.4, -0.2) is 34.7 Å². The molecule has 4 unspecified atom stereocenters. The molecule has 4 heterocycles. The van der Waals surface area contributed by atoms with E-state index in [1.165, 1.54) is 11.8 Å². The molecule has 1 spiro atoms. The molecule has 4 amide bonds. The number of nitrogens with one attached hydrogen (secondary N) is 4. The third kappa shape index (κ3) is 3.58. The second-order valence-electron chi connectivity index (χ2n) is 11.0. The summed E-state index contributed by atoms with van der Waals surface area (Å²) in [6, 6.07) is 19.9. The van der Waals surface area contributed by atoms with E-state index in [0.29, 0.717) is 29.8 Å². The van der Waals surface area contributed by atoms with Crippen LogP contribution >= 0.6 is 0 Å². The number of amides is 4. The number of hydrogen-bond acceptors (Lipinski definition) is 5. The monoisotopic (exact) mass is 547 g/mol. The number of anilines is 3. The van der Waals surface area contributed by atoms with Crippen LogP contribution in [0.1, 0.15) is 30.5 Å². The Morgan fingerprint density at radius 2 is 1.73 bits per heavy atom. The molecule has 9 nitrogen and oxygen atoms in total. The number of aromatic amines is 1. The Morgan fingerprint density at radius 3 is 2.49 bits per heavy atom. The molecule has 0 radical (unpaired) electrons. The highest BCUT2D eigenvalue weighted by atomic mass is 16.2. The SMILES string of the molecule is CCc1cccc2c1NC(=O)C21NC(Cc2c[nH]c3ccccc23)C2C(=O)N(c3ccc(NC(C)=O)cc3)C(=O)C21. The predicted octanol–water partition coefficient (Wildman–Crippen LogP) is 3.86. The molecule has 41 heavy (non-hydrogen) atoms. The largest absolute Gasteiger partial charge is 0.361 e. The summed E-state index contributed by atoms with van der Waals surface area (Å²) < 4.78 is 0. The zero-order valence-corrected chi connectivity index (χ0v) is 22.7. The number of carbonyl (C=O) groups is 4. The minimum absolute atomic E-state index is 0.217. The number of rotatable bonds is 5. The van der Waals surface area contributed by atoms with E-state index in [9.17, 15) is 19.2 Å². The van der Waals surface area contributed by atoms with Gasteiger partial charge in [0.2, 0.25) is 23.6 Å². The van der Waals surface area contributed by atoms with E-state index in [0.717, 1.165) is 27.7 Å². The molecule has 3 aliphatic rings. The standard InChI is InChI=1S/C32H29N5O4/c1-3-18-7-6-9-23-28(18)35-31(41)32(23)27-26(25(36-32)15-19-16-33-24-10-5-4-8-22(19)24)29(39)37(30(27)40)21-13-11-20(12-14-21)34-17(2)38/h4-14,16,25-27,33,36H,3,15H2,1-2H3,(H,34,38)(H,35,41). The van der Waals surface area contributed by atoms with Crippen LogP contribution in [-0.2, 0) is 37.6 Å². The van der Waals surface area contributed by atoms with Gasteiger partial charge in [-0.15, -0.1) is 0 Å². The van der Waals surface area contributed by atoms with E-state index < -0.39 is 29.3 Å². The number of carbonyl (C=O) groups excluding carboxylic acids is 4. The fourth-order valence-electron chi connectivity index (χ4n) is 7.05. The Kier molecular flexibility index (Phi) is 5.62. The molecule has 3 aliphatic heterocycles. The summed E-state index contributed by atoms with van der Waals surface area (Å²) in [6.07, 6.45) is 3.10. The van der Waals surface area contributed by atoms with Crippen LogP contribution in [0.5, 0.6) is 0 Å². The fourth-order valence-corrected chi connectivity index (χ4v) is 7.05. The highest BCUT2D eigenvalue weighted by Gasteiger charge is 2.70. The molecule has 2 fully saturated rings. The maximum atomic E-state index is 14.3. The number of nitrogens with zero attached hydrogens (tertiary/aromatic N) is 1. The van der Waals surface area contributed by atoms with Crippen molar-refractivity contribution < 1.29 is 19.2 Å². The maximum absolute atomic E-state index is 14.3. The van der Waals surface area contributed by atoms with E-state index in [4.69, 9.17) is 0 Å². The van der Waals surface area contributed by atoms with E-state index >= 15 is 0 Å². The molecule has 4 aromatic rings. The molecule has 0 aliphatic carbocycles. The first-order valence-corrected chi connectivity index (χ1v) is 13.9. The first-order chi connectivity index (χ1) is 19.8. The van der Waals surface area contributed by atoms with Crippen molar-refractivity contribution in [1.82, 2.24) is 10.3 Å². The van der Waals surface area contributed by atoms with Gasteiger partial charge in [0.1, 0.15) is 5.54 Å². The summed E-state index contributed by atoms with van der Waals surface area (Å²) in [5, 5.41) is 10.4. The van der Waals surface area contributed by atoms with E-state index in [2.05, 4.69) is 20.9 Å². The third-order valence-electron chi connectivity index (χ3n) is 8.78. The number of fused-ring (bicyclic) bond motifs is 5. The van der Waals surface area contributed by atoms with Gasteiger partial charge in [-0.2, -0.15) is 0 Å². The molecule has 1 aromatic heterocycles. The zero-order chi connectivity index (χ0) is 28.5. The lowest BCUT2D eigenvalue weighted by molar-refractivity contribution is -0.130. The van der Waals surface area contributed by atoms with Gasteiger partial charge in [-0.1, -0.05) is 43.3 Å². The lowest BCUT2D eigenvalue weighted by atomic mass is 9.76. The quantitative estimate of drug-likeness (QED) is 0.283. The van der Waals surface area contributed by atoms with Gasteiger partial charge in [-0.05, 0) is 54.3 Å². The minimum Gasteiger partial charge on any atom is -0.361 e. The van der Waals surface area contributed by atoms with Crippen LogP contribution in [0, 0.1) is 11.8 Å². The maximum Gasteiger partial charge on any atom is 0.250 e. The van der Waals surface area contributed by atoms with Crippen molar-refractivity contribution in [2.45, 2.75) is 38.3 Å². The highest BCUT2D eigenvalue weighted by molar-refractivity contribution is 6.26. The van der Waals surface area contributed by atoms with Crippen molar-refractivity contribution in [3.63, 3.8) is 0 Å². The van der Waals surface area contributed by atoms with Crippen molar-refractivity contribution in [2.75, 3.05) is 15.5 Å². The second-order valence-corrected chi connectivity index (χ2v) is 11.0. The Balaban J connectivity index is 1.34. The van der Waals surface area contributed by atoms with Crippen molar-refractivity contribution >= 4 is 51.6 Å². The van der Waals surface area contributed by atoms with Crippen LogP contribution in [0.3, 0.4) is 0 Å². The average molecular weight is 548 g/mol. The summed E-state index contributed by atoms with van der Waals surface area (Å²) in [5.41, 5.74) is 4.00. The van der Waals surface area contributed by atoms with Gasteiger partial charge in [0.15, 0.2) is 0 Å². The average Bonchev–Trinajstić information content (AvgIpc) is 3.67. The summed E-state index contributed by atoms with van der Waals surface area (Å²) in [5.74, 6) is -2.96. The smallest absolute Gasteiger partial charge is 0.250 e. The first kappa shape index (κ1) is 25.2. The first-order valence-electron chi connectivity index (χ1n) is 13.9. The van der Waals surface area contributed by atoms with Crippen LogP contribution in [0.4, 0.5) is 17.1 Å². The summed E-state index contributed by atoms with van der Waals surface area (Å²) in [7, 11) is 0. The number of imide groups is 1. The molecule has 9 heteroatoms. The van der Waals surface area contributed by atoms with Gasteiger partial charge in [0, 0.05) is 47.0 Å².